The Labute approximate surface area is 93.9 Å². The predicted molar refractivity (Wildman–Crippen MR) is 59.0 cm³/mol. The van der Waals surface area contributed by atoms with E-state index in [2.05, 4.69) is 0 Å². The molecule has 0 aliphatic carbocycles. The van der Waals surface area contributed by atoms with Gasteiger partial charge in [0.1, 0.15) is 7.11 Å². The fourth-order valence-electron chi connectivity index (χ4n) is 1.44. The molecule has 3 nitrogen and oxygen atoms in total. The second-order valence-electron chi connectivity index (χ2n) is 3.32. The largest absolute Gasteiger partial charge is 0.289 e. The third-order valence-corrected chi connectivity index (χ3v) is 2.31. The first kappa shape index (κ1) is 10.4. The molecular weight excluding hydrogens is 202 g/mol. The molecule has 2 aromatic rings. The Morgan fingerprint density at radius 3 is 2.12 bits per heavy atom. The van der Waals surface area contributed by atoms with Crippen LogP contribution in [0.1, 0.15) is 15.9 Å². The Kier molecular flexibility index (Phi) is 2.96. The van der Waals surface area contributed by atoms with E-state index in [9.17, 15) is 4.79 Å². The Balaban J connectivity index is 2.28. The molecule has 1 aromatic heterocycles. The standard InChI is InChI=1S/C13H12NO2/c1-16-14-9-7-12(8-10-14)13(15)11-5-3-2-4-6-11/h2-10H,1H3/q+1. The average molecular weight is 214 g/mol. The number of carbonyl (C=O) groups is 1. The minimum absolute atomic E-state index is 0.0175. The predicted octanol–water partition coefficient (Wildman–Crippen LogP) is 1.26. The number of carbonyl (C=O) groups excluding carboxylic acids is 1. The maximum absolute atomic E-state index is 12.0. The molecule has 2 rings (SSSR count). The molecule has 1 aromatic carbocycles. The maximum Gasteiger partial charge on any atom is 0.223 e. The number of hydrogen-bond acceptors (Lipinski definition) is 2. The van der Waals surface area contributed by atoms with Gasteiger partial charge >= 0.3 is 0 Å². The zero-order valence-corrected chi connectivity index (χ0v) is 8.96. The Morgan fingerprint density at radius 2 is 1.56 bits per heavy atom. The highest BCUT2D eigenvalue weighted by Crippen LogP contribution is 2.07. The number of hydrogen-bond donors (Lipinski definition) is 0. The van der Waals surface area contributed by atoms with Crippen molar-refractivity contribution in [2.24, 2.45) is 0 Å². The van der Waals surface area contributed by atoms with Crippen LogP contribution in [0.25, 0.3) is 0 Å². The van der Waals surface area contributed by atoms with Gasteiger partial charge in [-0.25, -0.2) is 0 Å². The van der Waals surface area contributed by atoms with Gasteiger partial charge in [0.15, 0.2) is 5.78 Å². The van der Waals surface area contributed by atoms with Gasteiger partial charge < -0.3 is 0 Å². The molecule has 1 heterocycles. The summed E-state index contributed by atoms with van der Waals surface area (Å²) in [6, 6.07) is 12.7. The SMILES string of the molecule is CO[n+]1ccc(C(=O)c2ccccc2)cc1. The molecule has 16 heavy (non-hydrogen) atoms. The molecule has 0 spiro atoms. The molecule has 0 unspecified atom stereocenters. The molecule has 80 valence electrons. The fourth-order valence-corrected chi connectivity index (χ4v) is 1.44. The van der Waals surface area contributed by atoms with E-state index in [0.717, 1.165) is 0 Å². The molecule has 0 saturated heterocycles. The molecule has 0 N–H and O–H groups in total. The Morgan fingerprint density at radius 1 is 1.00 bits per heavy atom. The lowest BCUT2D eigenvalue weighted by molar-refractivity contribution is -0.885. The second kappa shape index (κ2) is 4.57. The van der Waals surface area contributed by atoms with Crippen molar-refractivity contribution in [1.29, 1.82) is 0 Å². The van der Waals surface area contributed by atoms with Gasteiger partial charge in [-0.2, -0.15) is 0 Å². The van der Waals surface area contributed by atoms with Crippen LogP contribution in [0, 0.1) is 0 Å². The topological polar surface area (TPSA) is 30.2 Å². The van der Waals surface area contributed by atoms with Crippen LogP contribution in [0.2, 0.25) is 0 Å². The van der Waals surface area contributed by atoms with Gasteiger partial charge in [-0.15, -0.1) is 0 Å². The molecule has 0 fully saturated rings. The summed E-state index contributed by atoms with van der Waals surface area (Å²) in [5.41, 5.74) is 1.34. The van der Waals surface area contributed by atoms with E-state index in [1.807, 2.05) is 18.2 Å². The van der Waals surface area contributed by atoms with Crippen LogP contribution in [0.15, 0.2) is 54.9 Å². The molecule has 3 heteroatoms. The van der Waals surface area contributed by atoms with E-state index in [4.69, 9.17) is 4.84 Å². The summed E-state index contributed by atoms with van der Waals surface area (Å²) in [5, 5.41) is 0. The van der Waals surface area contributed by atoms with Crippen molar-refractivity contribution < 1.29 is 14.4 Å². The van der Waals surface area contributed by atoms with E-state index in [1.54, 1.807) is 43.8 Å². The summed E-state index contributed by atoms with van der Waals surface area (Å²) >= 11 is 0. The van der Waals surface area contributed by atoms with Crippen molar-refractivity contribution in [3.63, 3.8) is 0 Å². The lowest BCUT2D eigenvalue weighted by Crippen LogP contribution is -2.39. The quantitative estimate of drug-likeness (QED) is 0.569. The Bertz CT molecular complexity index is 477. The number of pyridine rings is 1. The summed E-state index contributed by atoms with van der Waals surface area (Å²) in [7, 11) is 1.57. The van der Waals surface area contributed by atoms with Crippen LogP contribution in [-0.2, 0) is 0 Å². The number of nitrogens with zero attached hydrogens (tertiary/aromatic N) is 1. The highest BCUT2D eigenvalue weighted by atomic mass is 16.6. The second-order valence-corrected chi connectivity index (χ2v) is 3.32. The van der Waals surface area contributed by atoms with Crippen LogP contribution in [0.4, 0.5) is 0 Å². The van der Waals surface area contributed by atoms with Gasteiger partial charge in [0.05, 0.1) is 0 Å². The number of aromatic nitrogens is 1. The van der Waals surface area contributed by atoms with Gasteiger partial charge in [0.25, 0.3) is 0 Å². The first-order valence-electron chi connectivity index (χ1n) is 4.97. The van der Waals surface area contributed by atoms with Crippen LogP contribution >= 0.6 is 0 Å². The van der Waals surface area contributed by atoms with Crippen molar-refractivity contribution in [1.82, 2.24) is 0 Å². The van der Waals surface area contributed by atoms with Crippen molar-refractivity contribution in [2.75, 3.05) is 7.11 Å². The van der Waals surface area contributed by atoms with Crippen molar-refractivity contribution in [3.05, 3.63) is 66.0 Å². The van der Waals surface area contributed by atoms with E-state index in [0.29, 0.717) is 11.1 Å². The average Bonchev–Trinajstić information content (AvgIpc) is 2.39. The summed E-state index contributed by atoms with van der Waals surface area (Å²) in [5.74, 6) is 0.0175. The molecule has 0 aliphatic rings. The molecule has 0 amide bonds. The number of benzene rings is 1. The van der Waals surface area contributed by atoms with Crippen molar-refractivity contribution in [3.8, 4) is 0 Å². The lowest BCUT2D eigenvalue weighted by Gasteiger charge is -1.99. The van der Waals surface area contributed by atoms with Crippen molar-refractivity contribution in [2.45, 2.75) is 0 Å². The monoisotopic (exact) mass is 214 g/mol. The first-order chi connectivity index (χ1) is 7.81. The lowest BCUT2D eigenvalue weighted by atomic mass is 10.1. The zero-order chi connectivity index (χ0) is 11.4. The molecule has 0 saturated carbocycles. The maximum atomic E-state index is 12.0. The van der Waals surface area contributed by atoms with Gasteiger partial charge in [0, 0.05) is 28.0 Å². The van der Waals surface area contributed by atoms with Crippen LogP contribution in [-0.4, -0.2) is 12.9 Å². The van der Waals surface area contributed by atoms with E-state index >= 15 is 0 Å². The fraction of sp³-hybridized carbons (Fsp3) is 0.0769. The van der Waals surface area contributed by atoms with E-state index in [1.165, 1.54) is 4.73 Å². The highest BCUT2D eigenvalue weighted by Gasteiger charge is 2.10. The zero-order valence-electron chi connectivity index (χ0n) is 8.96. The normalized spacial score (nSPS) is 9.81. The van der Waals surface area contributed by atoms with E-state index < -0.39 is 0 Å². The smallest absolute Gasteiger partial charge is 0.223 e. The summed E-state index contributed by atoms with van der Waals surface area (Å²) in [6.07, 6.45) is 3.41. The van der Waals surface area contributed by atoms with Gasteiger partial charge in [-0.05, 0) is 0 Å². The number of rotatable bonds is 3. The molecule has 0 atom stereocenters. The van der Waals surface area contributed by atoms with Crippen molar-refractivity contribution >= 4 is 5.78 Å². The molecule has 0 bridgehead atoms. The van der Waals surface area contributed by atoms with Gasteiger partial charge in [-0.1, -0.05) is 30.3 Å². The highest BCUT2D eigenvalue weighted by molar-refractivity contribution is 6.08. The van der Waals surface area contributed by atoms with E-state index in [-0.39, 0.29) is 5.78 Å². The summed E-state index contributed by atoms with van der Waals surface area (Å²) in [4.78, 5) is 17.0. The van der Waals surface area contributed by atoms with Gasteiger partial charge in [0.2, 0.25) is 12.4 Å². The summed E-state index contributed by atoms with van der Waals surface area (Å²) in [6.45, 7) is 0. The third kappa shape index (κ3) is 2.08. The minimum Gasteiger partial charge on any atom is -0.289 e. The minimum atomic E-state index is 0.0175. The third-order valence-electron chi connectivity index (χ3n) is 2.31. The molecule has 0 radical (unpaired) electrons. The Hall–Kier alpha value is -2.16. The van der Waals surface area contributed by atoms with Gasteiger partial charge in [-0.3, -0.25) is 9.63 Å². The van der Waals surface area contributed by atoms with Crippen LogP contribution in [0.3, 0.4) is 0 Å². The summed E-state index contributed by atoms with van der Waals surface area (Å²) < 4.78 is 1.53. The van der Waals surface area contributed by atoms with Crippen LogP contribution < -0.4 is 9.57 Å². The molecule has 0 aliphatic heterocycles. The molecular formula is C13H12NO2+. The van der Waals surface area contributed by atoms with Crippen LogP contribution in [0.5, 0.6) is 0 Å². The first-order valence-corrected chi connectivity index (χ1v) is 4.97. The number of ketones is 1.